The zero-order valence-corrected chi connectivity index (χ0v) is 14.9. The highest BCUT2D eigenvalue weighted by atomic mass is 16.3. The normalized spacial score (nSPS) is 10.3. The number of benzene rings is 2. The van der Waals surface area contributed by atoms with E-state index in [0.29, 0.717) is 22.5 Å². The van der Waals surface area contributed by atoms with Gasteiger partial charge in [-0.2, -0.15) is 0 Å². The largest absolute Gasteiger partial charge is 0.459 e. The fourth-order valence-corrected chi connectivity index (χ4v) is 2.51. The van der Waals surface area contributed by atoms with Crippen molar-refractivity contribution in [3.8, 4) is 0 Å². The number of Topliss-reactive ketones (excluding diaryl/α,β-unsaturated/α-hetero) is 1. The van der Waals surface area contributed by atoms with Gasteiger partial charge >= 0.3 is 0 Å². The summed E-state index contributed by atoms with van der Waals surface area (Å²) in [6, 6.07) is 14.9. The van der Waals surface area contributed by atoms with Crippen molar-refractivity contribution in [3.05, 3.63) is 83.3 Å². The molecule has 0 aliphatic carbocycles. The molecule has 27 heavy (non-hydrogen) atoms. The predicted molar refractivity (Wildman–Crippen MR) is 102 cm³/mol. The van der Waals surface area contributed by atoms with Crippen molar-refractivity contribution in [1.82, 2.24) is 0 Å². The van der Waals surface area contributed by atoms with E-state index in [9.17, 15) is 14.4 Å². The monoisotopic (exact) mass is 362 g/mol. The van der Waals surface area contributed by atoms with E-state index in [1.807, 2.05) is 6.92 Å². The van der Waals surface area contributed by atoms with Gasteiger partial charge in [-0.15, -0.1) is 0 Å². The predicted octanol–water partition coefficient (Wildman–Crippen LogP) is 4.30. The number of carbonyl (C=O) groups excluding carboxylic acids is 3. The Morgan fingerprint density at radius 1 is 0.852 bits per heavy atom. The van der Waals surface area contributed by atoms with Crippen molar-refractivity contribution in [2.75, 3.05) is 10.6 Å². The highest BCUT2D eigenvalue weighted by molar-refractivity contribution is 6.07. The zero-order chi connectivity index (χ0) is 19.4. The first-order chi connectivity index (χ1) is 12.9. The number of rotatable bonds is 5. The number of furan rings is 1. The fraction of sp³-hybridized carbons (Fsp3) is 0.0952. The van der Waals surface area contributed by atoms with Gasteiger partial charge in [-0.1, -0.05) is 18.2 Å². The Morgan fingerprint density at radius 3 is 2.37 bits per heavy atom. The molecule has 2 N–H and O–H groups in total. The average Bonchev–Trinajstić information content (AvgIpc) is 3.18. The van der Waals surface area contributed by atoms with Crippen LogP contribution >= 0.6 is 0 Å². The van der Waals surface area contributed by atoms with Gasteiger partial charge in [0.1, 0.15) is 0 Å². The van der Waals surface area contributed by atoms with Crippen LogP contribution in [0, 0.1) is 6.92 Å². The number of aryl methyl sites for hydroxylation is 1. The minimum absolute atomic E-state index is 0.0793. The Hall–Kier alpha value is -3.67. The molecule has 1 aromatic heterocycles. The molecular weight excluding hydrogens is 344 g/mol. The molecule has 0 saturated carbocycles. The second-order valence-electron chi connectivity index (χ2n) is 6.05. The second-order valence-corrected chi connectivity index (χ2v) is 6.05. The molecule has 0 radical (unpaired) electrons. The number of amides is 2. The summed E-state index contributed by atoms with van der Waals surface area (Å²) < 4.78 is 5.08. The molecule has 3 rings (SSSR count). The van der Waals surface area contributed by atoms with Crippen LogP contribution in [0.1, 0.15) is 43.8 Å². The molecule has 2 amide bonds. The maximum absolute atomic E-state index is 12.5. The summed E-state index contributed by atoms with van der Waals surface area (Å²) in [4.78, 5) is 36.2. The minimum atomic E-state index is -0.394. The van der Waals surface area contributed by atoms with Crippen LogP contribution in [0.2, 0.25) is 0 Å². The summed E-state index contributed by atoms with van der Waals surface area (Å²) in [7, 11) is 0. The van der Waals surface area contributed by atoms with Gasteiger partial charge in [0.2, 0.25) is 0 Å². The van der Waals surface area contributed by atoms with E-state index in [0.717, 1.165) is 5.56 Å². The van der Waals surface area contributed by atoms with Crippen molar-refractivity contribution in [2.45, 2.75) is 13.8 Å². The Bertz CT molecular complexity index is 1010. The smallest absolute Gasteiger partial charge is 0.291 e. The third-order valence-corrected chi connectivity index (χ3v) is 4.02. The molecule has 3 aromatic rings. The Morgan fingerprint density at radius 2 is 1.67 bits per heavy atom. The highest BCUT2D eigenvalue weighted by Crippen LogP contribution is 2.20. The molecule has 0 spiro atoms. The number of hydrogen-bond acceptors (Lipinski definition) is 4. The lowest BCUT2D eigenvalue weighted by Gasteiger charge is -2.11. The topological polar surface area (TPSA) is 88.4 Å². The summed E-state index contributed by atoms with van der Waals surface area (Å²) in [5, 5.41) is 5.50. The van der Waals surface area contributed by atoms with Gasteiger partial charge in [0.15, 0.2) is 11.5 Å². The third-order valence-electron chi connectivity index (χ3n) is 4.02. The summed E-state index contributed by atoms with van der Waals surface area (Å²) >= 11 is 0. The van der Waals surface area contributed by atoms with E-state index in [1.54, 1.807) is 54.6 Å². The van der Waals surface area contributed by atoms with E-state index < -0.39 is 5.91 Å². The van der Waals surface area contributed by atoms with Gasteiger partial charge in [0.05, 0.1) is 6.26 Å². The van der Waals surface area contributed by atoms with Crippen LogP contribution < -0.4 is 10.6 Å². The Labute approximate surface area is 156 Å². The van der Waals surface area contributed by atoms with Crippen LogP contribution in [0.15, 0.2) is 65.3 Å². The van der Waals surface area contributed by atoms with Crippen LogP contribution in [-0.4, -0.2) is 17.6 Å². The SMILES string of the molecule is CC(=O)c1cccc(NC(=O)c2ccc(C)c(NC(=O)c3ccco3)c2)c1. The molecule has 2 aromatic carbocycles. The van der Waals surface area contributed by atoms with E-state index in [2.05, 4.69) is 10.6 Å². The van der Waals surface area contributed by atoms with Crippen LogP contribution in [0.25, 0.3) is 0 Å². The number of nitrogens with one attached hydrogen (secondary N) is 2. The number of anilines is 2. The first-order valence-electron chi connectivity index (χ1n) is 8.32. The first kappa shape index (κ1) is 18.1. The van der Waals surface area contributed by atoms with Crippen LogP contribution in [0.3, 0.4) is 0 Å². The fourth-order valence-electron chi connectivity index (χ4n) is 2.51. The van der Waals surface area contributed by atoms with Gasteiger partial charge in [0.25, 0.3) is 11.8 Å². The maximum atomic E-state index is 12.5. The molecule has 1 heterocycles. The summed E-state index contributed by atoms with van der Waals surface area (Å²) in [5.41, 5.74) is 2.74. The van der Waals surface area contributed by atoms with Gasteiger partial charge in [-0.05, 0) is 55.8 Å². The molecule has 0 bridgehead atoms. The molecular formula is C21H18N2O4. The van der Waals surface area contributed by atoms with E-state index in [1.165, 1.54) is 13.2 Å². The second kappa shape index (κ2) is 7.70. The van der Waals surface area contributed by atoms with E-state index in [-0.39, 0.29) is 17.5 Å². The maximum Gasteiger partial charge on any atom is 0.291 e. The summed E-state index contributed by atoms with van der Waals surface area (Å²) in [6.45, 7) is 3.30. The van der Waals surface area contributed by atoms with Crippen molar-refractivity contribution in [3.63, 3.8) is 0 Å². The van der Waals surface area contributed by atoms with Gasteiger partial charge in [-0.25, -0.2) is 0 Å². The van der Waals surface area contributed by atoms with Gasteiger partial charge < -0.3 is 15.1 Å². The van der Waals surface area contributed by atoms with Gasteiger partial charge in [0, 0.05) is 22.5 Å². The molecule has 0 aliphatic heterocycles. The van der Waals surface area contributed by atoms with Crippen molar-refractivity contribution >= 4 is 29.0 Å². The lowest BCUT2D eigenvalue weighted by atomic mass is 10.1. The van der Waals surface area contributed by atoms with Crippen molar-refractivity contribution in [2.24, 2.45) is 0 Å². The van der Waals surface area contributed by atoms with Crippen LogP contribution in [0.5, 0.6) is 0 Å². The molecule has 0 aliphatic rings. The molecule has 0 saturated heterocycles. The quantitative estimate of drug-likeness (QED) is 0.663. The number of hydrogen-bond donors (Lipinski definition) is 2. The van der Waals surface area contributed by atoms with Crippen molar-refractivity contribution in [1.29, 1.82) is 0 Å². The molecule has 6 nitrogen and oxygen atoms in total. The standard InChI is InChI=1S/C21H18N2O4/c1-13-8-9-16(12-18(13)23-21(26)19-7-4-10-27-19)20(25)22-17-6-3-5-15(11-17)14(2)24/h3-12H,1-2H3,(H,22,25)(H,23,26). The Balaban J connectivity index is 1.78. The molecule has 136 valence electrons. The summed E-state index contributed by atoms with van der Waals surface area (Å²) in [6.07, 6.45) is 1.42. The Kier molecular flexibility index (Phi) is 5.17. The highest BCUT2D eigenvalue weighted by Gasteiger charge is 2.13. The summed E-state index contributed by atoms with van der Waals surface area (Å²) in [5.74, 6) is -0.631. The average molecular weight is 362 g/mol. The van der Waals surface area contributed by atoms with Gasteiger partial charge in [-0.3, -0.25) is 14.4 Å². The minimum Gasteiger partial charge on any atom is -0.459 e. The third kappa shape index (κ3) is 4.30. The van der Waals surface area contributed by atoms with Crippen LogP contribution in [-0.2, 0) is 0 Å². The zero-order valence-electron chi connectivity index (χ0n) is 14.9. The van der Waals surface area contributed by atoms with E-state index >= 15 is 0 Å². The van der Waals surface area contributed by atoms with E-state index in [4.69, 9.17) is 4.42 Å². The van der Waals surface area contributed by atoms with Crippen molar-refractivity contribution < 1.29 is 18.8 Å². The van der Waals surface area contributed by atoms with Crippen LogP contribution in [0.4, 0.5) is 11.4 Å². The number of carbonyl (C=O) groups is 3. The lowest BCUT2D eigenvalue weighted by Crippen LogP contribution is -2.15. The first-order valence-corrected chi connectivity index (χ1v) is 8.32. The lowest BCUT2D eigenvalue weighted by molar-refractivity contribution is 0.0992. The molecule has 0 fully saturated rings. The molecule has 6 heteroatoms. The molecule has 0 unspecified atom stereocenters. The molecule has 0 atom stereocenters. The number of ketones is 1.